The second-order valence-corrected chi connectivity index (χ2v) is 28.1. The van der Waals surface area contributed by atoms with E-state index < -0.39 is 86.0 Å². The van der Waals surface area contributed by atoms with E-state index in [9.17, 15) is 47.1 Å². The Bertz CT molecular complexity index is 3430. The number of aldehydes is 2. The van der Waals surface area contributed by atoms with Crippen molar-refractivity contribution < 1.29 is 66.0 Å². The molecule has 5 atom stereocenters. The van der Waals surface area contributed by atoms with Gasteiger partial charge in [-0.25, -0.2) is 27.6 Å². The van der Waals surface area contributed by atoms with Gasteiger partial charge in [-0.15, -0.1) is 0 Å². The zero-order valence-corrected chi connectivity index (χ0v) is 57.6. The Morgan fingerprint density at radius 2 is 0.791 bits per heavy atom. The second-order valence-electron chi connectivity index (χ2n) is 23.9. The summed E-state index contributed by atoms with van der Waals surface area (Å²) in [7, 11) is -3.87. The van der Waals surface area contributed by atoms with Crippen molar-refractivity contribution in [3.63, 3.8) is 0 Å². The molecule has 0 spiro atoms. The topological polar surface area (TPSA) is 259 Å². The molecule has 6 aromatic carbocycles. The predicted octanol–water partition coefficient (Wildman–Crippen LogP) is 17.6. The molecule has 0 saturated heterocycles. The number of carbonyl (C=O) groups is 7. The van der Waals surface area contributed by atoms with E-state index in [0.29, 0.717) is 41.8 Å². The highest BCUT2D eigenvalue weighted by atomic mass is 35.5. The van der Waals surface area contributed by atoms with Crippen LogP contribution in [0.25, 0.3) is 0 Å². The maximum absolute atomic E-state index is 13.0. The first-order chi connectivity index (χ1) is 42.1. The number of aliphatic carboxylic acids is 1. The molecule has 0 heterocycles. The van der Waals surface area contributed by atoms with Gasteiger partial charge < -0.3 is 44.8 Å². The van der Waals surface area contributed by atoms with Gasteiger partial charge >= 0.3 is 30.3 Å². The molecule has 4 N–H and O–H groups in total. The number of ether oxygens (including phenoxy) is 4. The van der Waals surface area contributed by atoms with E-state index in [0.717, 1.165) is 23.7 Å². The molecule has 1 unspecified atom stereocenters. The summed E-state index contributed by atoms with van der Waals surface area (Å²) in [6.07, 6.45) is 0.424. The third-order valence-electron chi connectivity index (χ3n) is 11.2. The van der Waals surface area contributed by atoms with E-state index in [4.69, 9.17) is 77.0 Å². The summed E-state index contributed by atoms with van der Waals surface area (Å²) in [5.74, 6) is -2.19. The number of alkyl carbamates (subject to hydrolysis) is 3. The number of nitrogens with zero attached hydrogens (tertiary/aromatic N) is 1. The van der Waals surface area contributed by atoms with Crippen molar-refractivity contribution in [2.24, 2.45) is 16.8 Å². The molecule has 91 heavy (non-hydrogen) atoms. The number of sulfone groups is 1. The van der Waals surface area contributed by atoms with Gasteiger partial charge in [-0.1, -0.05) is 144 Å². The number of carbonyl (C=O) groups excluding carboxylic acids is 6. The number of hydrogen-bond donors (Lipinski definition) is 4. The molecule has 0 aliphatic heterocycles. The normalized spacial score (nSPS) is 13.0. The van der Waals surface area contributed by atoms with Crippen LogP contribution in [0.1, 0.15) is 147 Å². The highest BCUT2D eigenvalue weighted by Crippen LogP contribution is 2.30. The first kappa shape index (κ1) is 79.6. The summed E-state index contributed by atoms with van der Waals surface area (Å²) in [6, 6.07) is 40.5. The molecule has 492 valence electrons. The number of amides is 4. The Morgan fingerprint density at radius 1 is 0.462 bits per heavy atom. The standard InChI is InChI=1S/C18H20ClNO4S.C15H20ClNO4.C15H20ClNO3.C12H14ClNO2.C7H5ClO/c1-18(2,3)24-17(21)20-16(13-9-11-14(19)12-10-13)25(22,23)15-7-5-4-6-8-15;1-9(13(18)19)12(10-5-7-11(16)8-6-10)17-14(20)21-15(2,3)4;1-10(9-18)13(11-5-7-12(16)8-6-11)17-14(19)20-15(2,3)4;1-12(2,3)16-11(15)14-8-9-4-6-10(13)7-5-9;8-7-3-1-6(5-9)2-4-7/h4-12,16H,1-3H3,(H,20,21);5-9,12H,1-4H3,(H,17,20)(H,18,19);5-10,13H,1-4H3,(H,17,19);4-8H,1-3H3;1-5H/t;9-,12-;10-,13+;;/m.01../s1. The summed E-state index contributed by atoms with van der Waals surface area (Å²) in [4.78, 5) is 83.3. The van der Waals surface area contributed by atoms with E-state index in [2.05, 4.69) is 20.9 Å². The van der Waals surface area contributed by atoms with E-state index in [1.165, 1.54) is 25.3 Å². The largest absolute Gasteiger partial charge is 0.481 e. The molecule has 24 heteroatoms. The number of rotatable bonds is 14. The molecular weight excluding hydrogens is 1290 g/mol. The van der Waals surface area contributed by atoms with Gasteiger partial charge in [0.25, 0.3) is 0 Å². The van der Waals surface area contributed by atoms with Gasteiger partial charge in [0, 0.05) is 42.8 Å². The first-order valence-corrected chi connectivity index (χ1v) is 31.5. The van der Waals surface area contributed by atoms with E-state index in [1.54, 1.807) is 230 Å². The van der Waals surface area contributed by atoms with Gasteiger partial charge in [-0.05, 0) is 185 Å². The van der Waals surface area contributed by atoms with E-state index >= 15 is 0 Å². The minimum absolute atomic E-state index is 0.103. The SMILES string of the molecule is CC(C)(C)OC(=O)N=Cc1ccc(Cl)cc1.CC(C)(C)OC(=O)NC(c1ccc(Cl)cc1)S(=O)(=O)c1ccccc1.C[C@H](C(=O)O)[C@H](NC(=O)OC(C)(C)C)c1ccc(Cl)cc1.C[C@H](C=O)[C@H](NC(=O)OC(C)(C)C)c1ccc(Cl)cc1.O=Cc1ccc(Cl)cc1. The molecule has 18 nitrogen and oxygen atoms in total. The zero-order valence-electron chi connectivity index (χ0n) is 53.1. The van der Waals surface area contributed by atoms with Gasteiger partial charge in [-0.2, -0.15) is 4.99 Å². The summed E-state index contributed by atoms with van der Waals surface area (Å²) in [6.45, 7) is 24.3. The number of hydrogen-bond acceptors (Lipinski definition) is 13. The van der Waals surface area contributed by atoms with Crippen LogP contribution in [0.15, 0.2) is 162 Å². The van der Waals surface area contributed by atoms with E-state index in [-0.39, 0.29) is 10.8 Å². The Kier molecular flexibility index (Phi) is 32.4. The number of halogens is 5. The average molecular weight is 1370 g/mol. The van der Waals surface area contributed by atoms with Crippen molar-refractivity contribution in [3.05, 3.63) is 205 Å². The van der Waals surface area contributed by atoms with Crippen LogP contribution >= 0.6 is 58.0 Å². The van der Waals surface area contributed by atoms with Crippen LogP contribution in [0.5, 0.6) is 0 Å². The fraction of sp³-hybridized carbons (Fsp3) is 0.343. The van der Waals surface area contributed by atoms with Crippen LogP contribution in [-0.2, 0) is 38.4 Å². The average Bonchev–Trinajstić information content (AvgIpc) is 0.847. The maximum Gasteiger partial charge on any atom is 0.434 e. The van der Waals surface area contributed by atoms with Crippen LogP contribution < -0.4 is 16.0 Å². The fourth-order valence-electron chi connectivity index (χ4n) is 7.09. The zero-order chi connectivity index (χ0) is 69.1. The van der Waals surface area contributed by atoms with Crippen LogP contribution in [0.4, 0.5) is 19.2 Å². The smallest absolute Gasteiger partial charge is 0.434 e. The summed E-state index contributed by atoms with van der Waals surface area (Å²) in [5, 5.41) is 18.6. The van der Waals surface area contributed by atoms with Gasteiger partial charge in [0.1, 0.15) is 35.0 Å². The molecule has 0 aliphatic carbocycles. The second kappa shape index (κ2) is 37.1. The Hall–Kier alpha value is -7.52. The van der Waals surface area contributed by atoms with Crippen molar-refractivity contribution in [2.75, 3.05) is 0 Å². The van der Waals surface area contributed by atoms with Gasteiger partial charge in [0.05, 0.1) is 22.9 Å². The van der Waals surface area contributed by atoms with Crippen LogP contribution in [0.2, 0.25) is 25.1 Å². The molecule has 0 bridgehead atoms. The Labute approximate surface area is 558 Å². The monoisotopic (exact) mass is 1370 g/mol. The van der Waals surface area contributed by atoms with Crippen molar-refractivity contribution in [1.82, 2.24) is 16.0 Å². The molecule has 4 amide bonds. The fourth-order valence-corrected chi connectivity index (χ4v) is 9.30. The molecular formula is C67H79Cl5N4O14S. The highest BCUT2D eigenvalue weighted by molar-refractivity contribution is 7.91. The molecule has 0 fully saturated rings. The number of nitrogens with one attached hydrogen (secondary N) is 3. The molecule has 6 rings (SSSR count). The summed E-state index contributed by atoms with van der Waals surface area (Å²) >= 11 is 28.8. The lowest BCUT2D eigenvalue weighted by molar-refractivity contribution is -0.142. The van der Waals surface area contributed by atoms with Crippen molar-refractivity contribution in [3.8, 4) is 0 Å². The van der Waals surface area contributed by atoms with E-state index in [1.807, 2.05) is 0 Å². The van der Waals surface area contributed by atoms with Gasteiger partial charge in [0.15, 0.2) is 5.37 Å². The lowest BCUT2D eigenvalue weighted by atomic mass is 9.95. The number of benzene rings is 6. The van der Waals surface area contributed by atoms with Crippen molar-refractivity contribution >= 4 is 117 Å². The lowest BCUT2D eigenvalue weighted by Crippen LogP contribution is -2.39. The third-order valence-corrected chi connectivity index (χ3v) is 14.4. The van der Waals surface area contributed by atoms with Crippen molar-refractivity contribution in [1.29, 1.82) is 0 Å². The number of aliphatic imine (C=N–C) groups is 1. The molecule has 0 aliphatic rings. The van der Waals surface area contributed by atoms with Gasteiger partial charge in [-0.3, -0.25) is 9.59 Å². The number of carboxylic acids is 1. The van der Waals surface area contributed by atoms with Crippen molar-refractivity contribution in [2.45, 2.75) is 142 Å². The predicted molar refractivity (Wildman–Crippen MR) is 358 cm³/mol. The van der Waals surface area contributed by atoms with Crippen LogP contribution in [-0.4, -0.2) is 85.1 Å². The Morgan fingerprint density at radius 3 is 1.14 bits per heavy atom. The maximum atomic E-state index is 13.0. The van der Waals surface area contributed by atoms with Crippen LogP contribution in [0, 0.1) is 11.8 Å². The summed E-state index contributed by atoms with van der Waals surface area (Å²) < 4.78 is 46.6. The Balaban J connectivity index is 0.000000398. The third kappa shape index (κ3) is 32.9. The quantitative estimate of drug-likeness (QED) is 0.0449. The van der Waals surface area contributed by atoms with Gasteiger partial charge in [0.2, 0.25) is 9.84 Å². The molecule has 0 saturated carbocycles. The minimum atomic E-state index is -3.87. The molecule has 0 aromatic heterocycles. The highest BCUT2D eigenvalue weighted by Gasteiger charge is 2.33. The minimum Gasteiger partial charge on any atom is -0.481 e. The molecule has 6 aromatic rings. The first-order valence-electron chi connectivity index (χ1n) is 28.1. The summed E-state index contributed by atoms with van der Waals surface area (Å²) in [5.41, 5.74) is 0.800. The number of carboxylic acid groups (broad SMARTS) is 1. The van der Waals surface area contributed by atoms with Crippen LogP contribution in [0.3, 0.4) is 0 Å². The lowest BCUT2D eigenvalue weighted by Gasteiger charge is -2.26. The molecule has 0 radical (unpaired) electrons.